The van der Waals surface area contributed by atoms with Crippen LogP contribution in [0.4, 0.5) is 5.69 Å². The van der Waals surface area contributed by atoms with E-state index in [0.29, 0.717) is 21.5 Å². The molecule has 3 rings (SSSR count). The summed E-state index contributed by atoms with van der Waals surface area (Å²) in [5.74, 6) is 1.44. The maximum Gasteiger partial charge on any atom is 0.191 e. The molecule has 0 atom stereocenters. The topological polar surface area (TPSA) is 56.7 Å². The van der Waals surface area contributed by atoms with Crippen molar-refractivity contribution in [2.24, 2.45) is 0 Å². The lowest BCUT2D eigenvalue weighted by Crippen LogP contribution is -2.00. The summed E-state index contributed by atoms with van der Waals surface area (Å²) in [5, 5.41) is 10.8. The molecule has 4 nitrogen and oxygen atoms in total. The molecular formula is C17H16Cl2N4S. The second-order valence-electron chi connectivity index (χ2n) is 5.16. The highest BCUT2D eigenvalue weighted by Crippen LogP contribution is 2.32. The van der Waals surface area contributed by atoms with Gasteiger partial charge in [0.2, 0.25) is 0 Å². The Balaban J connectivity index is 1.87. The fourth-order valence-corrected chi connectivity index (χ4v) is 4.12. The first kappa shape index (κ1) is 17.1. The Hall–Kier alpha value is -1.69. The first-order valence-corrected chi connectivity index (χ1v) is 9.19. The highest BCUT2D eigenvalue weighted by molar-refractivity contribution is 7.98. The SMILES string of the molecule is CCn1c(SCc2c(Cl)cccc2Cl)nnc1-c1cccc(N)c1. The smallest absolute Gasteiger partial charge is 0.191 e. The first-order chi connectivity index (χ1) is 11.6. The van der Waals surface area contributed by atoms with Crippen LogP contribution in [0.15, 0.2) is 47.6 Å². The van der Waals surface area contributed by atoms with Crippen LogP contribution in [-0.4, -0.2) is 14.8 Å². The normalized spacial score (nSPS) is 11.0. The Bertz CT molecular complexity index is 843. The summed E-state index contributed by atoms with van der Waals surface area (Å²) in [6.07, 6.45) is 0. The molecule has 0 aliphatic rings. The van der Waals surface area contributed by atoms with Gasteiger partial charge in [-0.15, -0.1) is 10.2 Å². The quantitative estimate of drug-likeness (QED) is 0.492. The molecule has 0 saturated heterocycles. The molecule has 0 aliphatic heterocycles. The van der Waals surface area contributed by atoms with Gasteiger partial charge in [0.15, 0.2) is 11.0 Å². The van der Waals surface area contributed by atoms with E-state index in [2.05, 4.69) is 21.7 Å². The number of nitrogen functional groups attached to an aromatic ring is 1. The van der Waals surface area contributed by atoms with E-state index in [1.807, 2.05) is 42.5 Å². The second kappa shape index (κ2) is 7.47. The van der Waals surface area contributed by atoms with E-state index < -0.39 is 0 Å². The lowest BCUT2D eigenvalue weighted by Gasteiger charge is -2.09. The molecule has 1 aromatic heterocycles. The van der Waals surface area contributed by atoms with Crippen LogP contribution in [0.1, 0.15) is 12.5 Å². The molecule has 2 N–H and O–H groups in total. The molecule has 1 heterocycles. The Labute approximate surface area is 155 Å². The molecule has 0 saturated carbocycles. The number of nitrogens with zero attached hydrogens (tertiary/aromatic N) is 3. The molecule has 0 unspecified atom stereocenters. The predicted octanol–water partition coefficient (Wildman–Crippen LogP) is 5.15. The van der Waals surface area contributed by atoms with Gasteiger partial charge in [0.25, 0.3) is 0 Å². The number of aromatic nitrogens is 3. The van der Waals surface area contributed by atoms with E-state index in [9.17, 15) is 0 Å². The van der Waals surface area contributed by atoms with Gasteiger partial charge in [-0.1, -0.05) is 53.2 Å². The summed E-state index contributed by atoms with van der Waals surface area (Å²) < 4.78 is 2.06. The molecule has 0 aliphatic carbocycles. The highest BCUT2D eigenvalue weighted by Gasteiger charge is 2.15. The van der Waals surface area contributed by atoms with Gasteiger partial charge in [-0.05, 0) is 36.8 Å². The predicted molar refractivity (Wildman–Crippen MR) is 102 cm³/mol. The van der Waals surface area contributed by atoms with Crippen molar-refractivity contribution in [2.75, 3.05) is 5.73 Å². The molecule has 0 bridgehead atoms. The van der Waals surface area contributed by atoms with Gasteiger partial charge in [-0.2, -0.15) is 0 Å². The zero-order chi connectivity index (χ0) is 17.1. The van der Waals surface area contributed by atoms with Crippen molar-refractivity contribution in [1.82, 2.24) is 14.8 Å². The Morgan fingerprint density at radius 2 is 1.79 bits per heavy atom. The van der Waals surface area contributed by atoms with Gasteiger partial charge in [0, 0.05) is 33.6 Å². The van der Waals surface area contributed by atoms with Crippen LogP contribution in [-0.2, 0) is 12.3 Å². The van der Waals surface area contributed by atoms with Crippen molar-refractivity contribution < 1.29 is 0 Å². The van der Waals surface area contributed by atoms with Crippen molar-refractivity contribution in [3.8, 4) is 11.4 Å². The van der Waals surface area contributed by atoms with Crippen molar-refractivity contribution >= 4 is 40.7 Å². The molecule has 0 spiro atoms. The fourth-order valence-electron chi connectivity index (χ4n) is 2.38. The van der Waals surface area contributed by atoms with E-state index >= 15 is 0 Å². The van der Waals surface area contributed by atoms with Gasteiger partial charge in [-0.25, -0.2) is 0 Å². The number of hydrogen-bond donors (Lipinski definition) is 1. The van der Waals surface area contributed by atoms with Gasteiger partial charge >= 0.3 is 0 Å². The number of hydrogen-bond acceptors (Lipinski definition) is 4. The molecule has 24 heavy (non-hydrogen) atoms. The van der Waals surface area contributed by atoms with E-state index in [4.69, 9.17) is 28.9 Å². The maximum atomic E-state index is 6.23. The molecule has 7 heteroatoms. The lowest BCUT2D eigenvalue weighted by molar-refractivity contribution is 0.687. The third-order valence-electron chi connectivity index (χ3n) is 3.59. The van der Waals surface area contributed by atoms with Gasteiger partial charge in [0.1, 0.15) is 0 Å². The van der Waals surface area contributed by atoms with Crippen molar-refractivity contribution in [3.05, 3.63) is 58.1 Å². The molecule has 3 aromatic rings. The zero-order valence-corrected chi connectivity index (χ0v) is 15.4. The van der Waals surface area contributed by atoms with Gasteiger partial charge in [0.05, 0.1) is 0 Å². The van der Waals surface area contributed by atoms with Crippen molar-refractivity contribution in [1.29, 1.82) is 0 Å². The fraction of sp³-hybridized carbons (Fsp3) is 0.176. The molecule has 124 valence electrons. The molecule has 0 amide bonds. The standard InChI is InChI=1S/C17H16Cl2N4S/c1-2-23-16(11-5-3-6-12(20)9-11)21-22-17(23)24-10-13-14(18)7-4-8-15(13)19/h3-9H,2,10,20H2,1H3. The van der Waals surface area contributed by atoms with E-state index in [-0.39, 0.29) is 0 Å². The minimum atomic E-state index is 0.633. The van der Waals surface area contributed by atoms with Crippen LogP contribution in [0.5, 0.6) is 0 Å². The maximum absolute atomic E-state index is 6.23. The second-order valence-corrected chi connectivity index (χ2v) is 6.92. The van der Waals surface area contributed by atoms with Crippen LogP contribution in [0.3, 0.4) is 0 Å². The Morgan fingerprint density at radius 1 is 1.08 bits per heavy atom. The zero-order valence-electron chi connectivity index (χ0n) is 13.0. The number of thioether (sulfide) groups is 1. The third kappa shape index (κ3) is 3.53. The summed E-state index contributed by atoms with van der Waals surface area (Å²) >= 11 is 14.0. The minimum absolute atomic E-state index is 0.633. The molecule has 0 radical (unpaired) electrons. The van der Waals surface area contributed by atoms with Crippen LogP contribution in [0.2, 0.25) is 10.0 Å². The largest absolute Gasteiger partial charge is 0.399 e. The van der Waals surface area contributed by atoms with Crippen LogP contribution in [0, 0.1) is 0 Å². The van der Waals surface area contributed by atoms with Crippen molar-refractivity contribution in [3.63, 3.8) is 0 Å². The van der Waals surface area contributed by atoms with E-state index in [1.165, 1.54) is 0 Å². The Morgan fingerprint density at radius 3 is 2.46 bits per heavy atom. The Kier molecular flexibility index (Phi) is 5.33. The number of anilines is 1. The highest BCUT2D eigenvalue weighted by atomic mass is 35.5. The monoisotopic (exact) mass is 378 g/mol. The van der Waals surface area contributed by atoms with Crippen LogP contribution in [0.25, 0.3) is 11.4 Å². The summed E-state index contributed by atoms with van der Waals surface area (Å²) in [7, 11) is 0. The third-order valence-corrected chi connectivity index (χ3v) is 5.29. The minimum Gasteiger partial charge on any atom is -0.399 e. The average Bonchev–Trinajstić information content (AvgIpc) is 2.97. The van der Waals surface area contributed by atoms with Gasteiger partial charge < -0.3 is 10.3 Å². The van der Waals surface area contributed by atoms with Crippen LogP contribution >= 0.6 is 35.0 Å². The van der Waals surface area contributed by atoms with Crippen molar-refractivity contribution in [2.45, 2.75) is 24.4 Å². The number of benzene rings is 2. The summed E-state index contributed by atoms with van der Waals surface area (Å²) in [5.41, 5.74) is 8.43. The number of halogens is 2. The molecular weight excluding hydrogens is 363 g/mol. The summed E-state index contributed by atoms with van der Waals surface area (Å²) in [6, 6.07) is 13.2. The molecule has 2 aromatic carbocycles. The average molecular weight is 379 g/mol. The summed E-state index contributed by atoms with van der Waals surface area (Å²) in [6.45, 7) is 2.82. The van der Waals surface area contributed by atoms with E-state index in [0.717, 1.165) is 28.7 Å². The number of rotatable bonds is 5. The summed E-state index contributed by atoms with van der Waals surface area (Å²) in [4.78, 5) is 0. The lowest BCUT2D eigenvalue weighted by atomic mass is 10.2. The van der Waals surface area contributed by atoms with Gasteiger partial charge in [-0.3, -0.25) is 0 Å². The first-order valence-electron chi connectivity index (χ1n) is 7.45. The molecule has 0 fully saturated rings. The van der Waals surface area contributed by atoms with E-state index in [1.54, 1.807) is 11.8 Å². The number of nitrogens with two attached hydrogens (primary N) is 1. The van der Waals surface area contributed by atoms with Crippen LogP contribution < -0.4 is 5.73 Å².